The molecule has 1 aromatic carbocycles. The van der Waals surface area contributed by atoms with E-state index in [4.69, 9.17) is 0 Å². The van der Waals surface area contributed by atoms with E-state index in [9.17, 15) is 0 Å². The number of benzene rings is 1. The molecule has 4 nitrogen and oxygen atoms in total. The smallest absolute Gasteiger partial charge is 0.156 e. The van der Waals surface area contributed by atoms with Crippen LogP contribution in [-0.2, 0) is 0 Å². The minimum atomic E-state index is -0.303. The zero-order valence-electron chi connectivity index (χ0n) is 16.4. The molecule has 0 radical (unpaired) electrons. The predicted octanol–water partition coefficient (Wildman–Crippen LogP) is 6.46. The highest BCUT2D eigenvalue weighted by molar-refractivity contribution is 5.88. The van der Waals surface area contributed by atoms with Crippen molar-refractivity contribution in [3.8, 4) is 11.1 Å². The first-order chi connectivity index (χ1) is 15.2. The molecule has 0 saturated carbocycles. The summed E-state index contributed by atoms with van der Waals surface area (Å²) in [4.78, 5) is 15.9. The van der Waals surface area contributed by atoms with Crippen LogP contribution < -0.4 is 0 Å². The van der Waals surface area contributed by atoms with Gasteiger partial charge in [0, 0.05) is 16.6 Å². The normalized spacial score (nSPS) is 12.4. The van der Waals surface area contributed by atoms with Gasteiger partial charge in [0.05, 0.1) is 33.8 Å². The molecule has 0 aliphatic carbocycles. The molecule has 5 heteroatoms. The maximum absolute atomic E-state index is 15.6. The van der Waals surface area contributed by atoms with Crippen molar-refractivity contribution >= 4 is 46.4 Å². The van der Waals surface area contributed by atoms with Gasteiger partial charge in [-0.2, -0.15) is 0 Å². The zero-order valence-corrected chi connectivity index (χ0v) is 16.4. The first-order valence-corrected chi connectivity index (χ1v) is 10.0. The van der Waals surface area contributed by atoms with E-state index in [0.717, 1.165) is 33.7 Å². The zero-order chi connectivity index (χ0) is 20.8. The highest BCUT2D eigenvalue weighted by atomic mass is 19.1. The van der Waals surface area contributed by atoms with Crippen molar-refractivity contribution < 1.29 is 4.39 Å². The molecule has 0 atom stereocenters. The van der Waals surface area contributed by atoms with Crippen LogP contribution in [0.1, 0.15) is 22.8 Å². The van der Waals surface area contributed by atoms with Crippen molar-refractivity contribution in [2.24, 2.45) is 0 Å². The van der Waals surface area contributed by atoms with E-state index in [1.54, 1.807) is 6.07 Å². The Hall–Kier alpha value is -4.25. The number of hydrogen-bond acceptors (Lipinski definition) is 2. The lowest BCUT2D eigenvalue weighted by Crippen LogP contribution is -1.80. The first kappa shape index (κ1) is 17.6. The maximum atomic E-state index is 15.6. The van der Waals surface area contributed by atoms with E-state index in [-0.39, 0.29) is 5.82 Å². The molecule has 31 heavy (non-hydrogen) atoms. The Morgan fingerprint density at radius 2 is 1.13 bits per heavy atom. The number of nitrogens with zero attached hydrogens (tertiary/aromatic N) is 2. The third-order valence-electron chi connectivity index (χ3n) is 5.35. The van der Waals surface area contributed by atoms with Crippen LogP contribution in [0.4, 0.5) is 4.39 Å². The van der Waals surface area contributed by atoms with Gasteiger partial charge in [0.1, 0.15) is 0 Å². The number of aromatic amines is 2. The lowest BCUT2D eigenvalue weighted by molar-refractivity contribution is 0.644. The van der Waals surface area contributed by atoms with E-state index in [2.05, 4.69) is 19.9 Å². The van der Waals surface area contributed by atoms with Crippen molar-refractivity contribution in [1.82, 2.24) is 19.9 Å². The monoisotopic (exact) mass is 404 g/mol. The minimum Gasteiger partial charge on any atom is -0.355 e. The molecular weight excluding hydrogens is 387 g/mol. The number of halogens is 1. The lowest BCUT2D eigenvalue weighted by Gasteiger charge is -1.98. The summed E-state index contributed by atoms with van der Waals surface area (Å²) in [6.45, 7) is 0. The van der Waals surface area contributed by atoms with Crippen LogP contribution >= 0.6 is 0 Å². The van der Waals surface area contributed by atoms with Crippen molar-refractivity contribution in [2.75, 3.05) is 0 Å². The molecule has 2 aliphatic rings. The fraction of sp³-hybridized carbons (Fsp3) is 0. The van der Waals surface area contributed by atoms with Crippen molar-refractivity contribution in [2.45, 2.75) is 0 Å². The van der Waals surface area contributed by atoms with Gasteiger partial charge >= 0.3 is 0 Å². The molecule has 0 spiro atoms. The van der Waals surface area contributed by atoms with E-state index >= 15 is 4.39 Å². The SMILES string of the molecule is Fc1c(-c2ccccc2)c2cc3nc(cc4ccc(cc5nc(cc1[nH]2)C=C5)[nH]4)C=C3. The van der Waals surface area contributed by atoms with E-state index in [1.807, 2.05) is 85.0 Å². The maximum Gasteiger partial charge on any atom is 0.156 e. The number of hydrogen-bond donors (Lipinski definition) is 2. The molecule has 5 heterocycles. The summed E-state index contributed by atoms with van der Waals surface area (Å²) in [5.41, 5.74) is 7.39. The third kappa shape index (κ3) is 3.26. The first-order valence-electron chi connectivity index (χ1n) is 10.0. The standard InChI is InChI=1S/C26H17FN4/c27-26-24-15-22-11-9-20(30-22)13-18-7-6-17(28-18)12-19-8-10-21(29-19)14-23(31-24)25(26)16-4-2-1-3-5-16/h1-15,28,31H. The van der Waals surface area contributed by atoms with Gasteiger partial charge in [-0.3, -0.25) is 0 Å². The minimum absolute atomic E-state index is 0.303. The van der Waals surface area contributed by atoms with Gasteiger partial charge < -0.3 is 9.97 Å². The number of fused-ring (bicyclic) bond motifs is 8. The molecule has 6 rings (SSSR count). The lowest BCUT2D eigenvalue weighted by atomic mass is 10.1. The van der Waals surface area contributed by atoms with Crippen LogP contribution in [0.15, 0.2) is 66.7 Å². The Balaban J connectivity index is 1.72. The second-order valence-electron chi connectivity index (χ2n) is 7.54. The molecule has 148 valence electrons. The Morgan fingerprint density at radius 1 is 0.581 bits per heavy atom. The average Bonchev–Trinajstić information content (AvgIpc) is 3.55. The molecule has 4 aromatic rings. The van der Waals surface area contributed by atoms with Gasteiger partial charge in [-0.1, -0.05) is 30.3 Å². The highest BCUT2D eigenvalue weighted by Crippen LogP contribution is 2.31. The second kappa shape index (κ2) is 6.92. The molecule has 0 unspecified atom stereocenters. The van der Waals surface area contributed by atoms with Crippen LogP contribution in [0.25, 0.3) is 57.5 Å². The van der Waals surface area contributed by atoms with Crippen LogP contribution in [0.3, 0.4) is 0 Å². The molecule has 0 fully saturated rings. The molecule has 2 aliphatic heterocycles. The number of aromatic nitrogens is 4. The summed E-state index contributed by atoms with van der Waals surface area (Å²) in [6, 6.07) is 21.1. The number of rotatable bonds is 1. The van der Waals surface area contributed by atoms with Gasteiger partial charge in [0.2, 0.25) is 0 Å². The van der Waals surface area contributed by atoms with E-state index < -0.39 is 0 Å². The summed E-state index contributed by atoms with van der Waals surface area (Å²) in [6.07, 6.45) is 7.69. The van der Waals surface area contributed by atoms with Crippen LogP contribution in [-0.4, -0.2) is 19.9 Å². The highest BCUT2D eigenvalue weighted by Gasteiger charge is 2.14. The molecule has 3 aromatic heterocycles. The average molecular weight is 404 g/mol. The predicted molar refractivity (Wildman–Crippen MR) is 124 cm³/mol. The summed E-state index contributed by atoms with van der Waals surface area (Å²) < 4.78 is 15.6. The van der Waals surface area contributed by atoms with Crippen LogP contribution in [0.2, 0.25) is 0 Å². The fourth-order valence-corrected chi connectivity index (χ4v) is 3.93. The van der Waals surface area contributed by atoms with Crippen LogP contribution in [0.5, 0.6) is 0 Å². The van der Waals surface area contributed by atoms with Crippen molar-refractivity contribution in [1.29, 1.82) is 0 Å². The van der Waals surface area contributed by atoms with Crippen molar-refractivity contribution in [3.05, 3.63) is 95.3 Å². The van der Waals surface area contributed by atoms with E-state index in [0.29, 0.717) is 22.3 Å². The Labute approximate surface area is 177 Å². The Morgan fingerprint density at radius 3 is 1.74 bits per heavy atom. The molecular formula is C26H17FN4. The fourth-order valence-electron chi connectivity index (χ4n) is 3.93. The Bertz CT molecular complexity index is 1540. The third-order valence-corrected chi connectivity index (χ3v) is 5.35. The van der Waals surface area contributed by atoms with Gasteiger partial charge in [-0.25, -0.2) is 14.4 Å². The molecule has 0 amide bonds. The topological polar surface area (TPSA) is 57.4 Å². The van der Waals surface area contributed by atoms with Gasteiger partial charge in [0.25, 0.3) is 0 Å². The van der Waals surface area contributed by atoms with Gasteiger partial charge in [0.15, 0.2) is 5.82 Å². The number of H-pyrrole nitrogens is 2. The summed E-state index contributed by atoms with van der Waals surface area (Å²) in [5, 5.41) is 0. The Kier molecular flexibility index (Phi) is 3.93. The second-order valence-corrected chi connectivity index (χ2v) is 7.54. The molecule has 2 N–H and O–H groups in total. The summed E-state index contributed by atoms with van der Waals surface area (Å²) in [5.74, 6) is -0.303. The van der Waals surface area contributed by atoms with Crippen LogP contribution in [0, 0.1) is 5.82 Å². The molecule has 0 saturated heterocycles. The van der Waals surface area contributed by atoms with E-state index in [1.165, 1.54) is 0 Å². The van der Waals surface area contributed by atoms with Gasteiger partial charge in [-0.15, -0.1) is 0 Å². The van der Waals surface area contributed by atoms with Crippen molar-refractivity contribution in [3.63, 3.8) is 0 Å². The molecule has 8 bridgehead atoms. The number of nitrogens with one attached hydrogen (secondary N) is 2. The summed E-state index contributed by atoms with van der Waals surface area (Å²) >= 11 is 0. The van der Waals surface area contributed by atoms with Gasteiger partial charge in [-0.05, 0) is 66.3 Å². The largest absolute Gasteiger partial charge is 0.355 e. The quantitative estimate of drug-likeness (QED) is 0.330. The summed E-state index contributed by atoms with van der Waals surface area (Å²) in [7, 11) is 0.